The second-order valence-electron chi connectivity index (χ2n) is 4.30. The van der Waals surface area contributed by atoms with E-state index in [4.69, 9.17) is 0 Å². The summed E-state index contributed by atoms with van der Waals surface area (Å²) in [5.41, 5.74) is 0. The summed E-state index contributed by atoms with van der Waals surface area (Å²) in [6, 6.07) is 1.64. The van der Waals surface area contributed by atoms with E-state index in [0.29, 0.717) is 4.47 Å². The fraction of sp³-hybridized carbons (Fsp3) is 0.545. The monoisotopic (exact) mass is 318 g/mol. The molecule has 94 valence electrons. The molecule has 4 nitrogen and oxygen atoms in total. The molecule has 1 aromatic rings. The van der Waals surface area contributed by atoms with Crippen LogP contribution >= 0.6 is 15.9 Å². The Morgan fingerprint density at radius 1 is 1.24 bits per heavy atom. The highest BCUT2D eigenvalue weighted by Gasteiger charge is 2.22. The van der Waals surface area contributed by atoms with E-state index in [2.05, 4.69) is 25.6 Å². The Morgan fingerprint density at radius 3 is 2.59 bits per heavy atom. The van der Waals surface area contributed by atoms with Crippen LogP contribution in [0.15, 0.2) is 27.8 Å². The smallest absolute Gasteiger partial charge is 0.242 e. The van der Waals surface area contributed by atoms with Crippen LogP contribution in [0.1, 0.15) is 32.1 Å². The Hall–Kier alpha value is -0.460. The SMILES string of the molecule is O=S(=O)(NC1CCCCC1)c1cncc(Br)c1. The number of rotatable bonds is 3. The van der Waals surface area contributed by atoms with E-state index >= 15 is 0 Å². The first-order valence-corrected chi connectivity index (χ1v) is 7.98. The third-order valence-electron chi connectivity index (χ3n) is 2.92. The highest BCUT2D eigenvalue weighted by atomic mass is 79.9. The Morgan fingerprint density at radius 2 is 1.94 bits per heavy atom. The van der Waals surface area contributed by atoms with Crippen LogP contribution in [0.25, 0.3) is 0 Å². The van der Waals surface area contributed by atoms with Gasteiger partial charge in [0.15, 0.2) is 0 Å². The summed E-state index contributed by atoms with van der Waals surface area (Å²) in [6.07, 6.45) is 8.21. The van der Waals surface area contributed by atoms with Gasteiger partial charge in [-0.3, -0.25) is 4.98 Å². The number of nitrogens with one attached hydrogen (secondary N) is 1. The maximum absolute atomic E-state index is 12.1. The van der Waals surface area contributed by atoms with Crippen molar-refractivity contribution in [3.05, 3.63) is 22.9 Å². The van der Waals surface area contributed by atoms with Crippen molar-refractivity contribution in [2.24, 2.45) is 0 Å². The lowest BCUT2D eigenvalue weighted by atomic mass is 9.96. The maximum Gasteiger partial charge on any atom is 0.242 e. The molecule has 0 amide bonds. The summed E-state index contributed by atoms with van der Waals surface area (Å²) in [5, 5.41) is 0. The van der Waals surface area contributed by atoms with Crippen LogP contribution in [0.2, 0.25) is 0 Å². The Balaban J connectivity index is 2.13. The summed E-state index contributed by atoms with van der Waals surface area (Å²) in [4.78, 5) is 4.10. The molecule has 1 aliphatic rings. The number of hydrogen-bond acceptors (Lipinski definition) is 3. The number of pyridine rings is 1. The van der Waals surface area contributed by atoms with Crippen LogP contribution in [-0.4, -0.2) is 19.4 Å². The molecular formula is C11H15BrN2O2S. The van der Waals surface area contributed by atoms with Crippen LogP contribution in [0.4, 0.5) is 0 Å². The Bertz CT molecular complexity index is 484. The van der Waals surface area contributed by atoms with Gasteiger partial charge in [0.1, 0.15) is 4.90 Å². The van der Waals surface area contributed by atoms with Crippen LogP contribution in [0.5, 0.6) is 0 Å². The van der Waals surface area contributed by atoms with E-state index in [1.54, 1.807) is 12.3 Å². The summed E-state index contributed by atoms with van der Waals surface area (Å²) in [7, 11) is -3.42. The van der Waals surface area contributed by atoms with Crippen molar-refractivity contribution in [3.8, 4) is 0 Å². The van der Waals surface area contributed by atoms with E-state index < -0.39 is 10.0 Å². The quantitative estimate of drug-likeness (QED) is 0.931. The average Bonchev–Trinajstić information content (AvgIpc) is 2.30. The summed E-state index contributed by atoms with van der Waals surface area (Å²) in [6.45, 7) is 0. The van der Waals surface area contributed by atoms with Crippen molar-refractivity contribution in [1.82, 2.24) is 9.71 Å². The van der Waals surface area contributed by atoms with Gasteiger partial charge in [-0.2, -0.15) is 0 Å². The molecule has 1 aromatic heterocycles. The number of nitrogens with zero attached hydrogens (tertiary/aromatic N) is 1. The molecule has 0 unspecified atom stereocenters. The minimum Gasteiger partial charge on any atom is -0.262 e. The van der Waals surface area contributed by atoms with Gasteiger partial charge in [0.25, 0.3) is 0 Å². The highest BCUT2D eigenvalue weighted by Crippen LogP contribution is 2.20. The molecule has 0 atom stereocenters. The lowest BCUT2D eigenvalue weighted by Gasteiger charge is -2.22. The molecule has 0 spiro atoms. The van der Waals surface area contributed by atoms with E-state index in [9.17, 15) is 8.42 Å². The van der Waals surface area contributed by atoms with Gasteiger partial charge in [0.2, 0.25) is 10.0 Å². The van der Waals surface area contributed by atoms with Crippen molar-refractivity contribution in [2.75, 3.05) is 0 Å². The first-order valence-electron chi connectivity index (χ1n) is 5.71. The normalized spacial score (nSPS) is 18.2. The van der Waals surface area contributed by atoms with Gasteiger partial charge in [-0.05, 0) is 34.8 Å². The third-order valence-corrected chi connectivity index (χ3v) is 4.84. The molecular weight excluding hydrogens is 304 g/mol. The predicted octanol–water partition coefficient (Wildman–Crippen LogP) is 2.46. The van der Waals surface area contributed by atoms with Gasteiger partial charge in [-0.25, -0.2) is 13.1 Å². The summed E-state index contributed by atoms with van der Waals surface area (Å²) in [5.74, 6) is 0. The molecule has 0 radical (unpaired) electrons. The van der Waals surface area contributed by atoms with Crippen molar-refractivity contribution < 1.29 is 8.42 Å². The number of halogens is 1. The molecule has 1 saturated carbocycles. The summed E-state index contributed by atoms with van der Waals surface area (Å²) < 4.78 is 27.6. The second-order valence-corrected chi connectivity index (χ2v) is 6.92. The zero-order valence-electron chi connectivity index (χ0n) is 9.39. The molecule has 0 aliphatic heterocycles. The largest absolute Gasteiger partial charge is 0.262 e. The zero-order chi connectivity index (χ0) is 12.3. The van der Waals surface area contributed by atoms with Gasteiger partial charge in [0.05, 0.1) is 0 Å². The molecule has 6 heteroatoms. The maximum atomic E-state index is 12.1. The fourth-order valence-electron chi connectivity index (χ4n) is 2.05. The van der Waals surface area contributed by atoms with Crippen LogP contribution in [0, 0.1) is 0 Å². The van der Waals surface area contributed by atoms with Crippen LogP contribution in [0.3, 0.4) is 0 Å². The molecule has 1 N–H and O–H groups in total. The minimum absolute atomic E-state index is 0.0766. The fourth-order valence-corrected chi connectivity index (χ4v) is 3.86. The van der Waals surface area contributed by atoms with Crippen molar-refractivity contribution in [3.63, 3.8) is 0 Å². The van der Waals surface area contributed by atoms with E-state index in [-0.39, 0.29) is 10.9 Å². The third kappa shape index (κ3) is 3.50. The van der Waals surface area contributed by atoms with Crippen LogP contribution < -0.4 is 4.72 Å². The Kier molecular flexibility index (Phi) is 4.17. The number of hydrogen-bond donors (Lipinski definition) is 1. The highest BCUT2D eigenvalue weighted by molar-refractivity contribution is 9.10. The molecule has 1 heterocycles. The molecule has 1 fully saturated rings. The first kappa shape index (κ1) is 13.0. The van der Waals surface area contributed by atoms with Crippen molar-refractivity contribution in [2.45, 2.75) is 43.0 Å². The predicted molar refractivity (Wildman–Crippen MR) is 69.1 cm³/mol. The van der Waals surface area contributed by atoms with Crippen molar-refractivity contribution >= 4 is 26.0 Å². The minimum atomic E-state index is -3.42. The molecule has 17 heavy (non-hydrogen) atoms. The van der Waals surface area contributed by atoms with Gasteiger partial charge in [-0.1, -0.05) is 19.3 Å². The molecule has 0 aromatic carbocycles. The topological polar surface area (TPSA) is 59.1 Å². The standard InChI is InChI=1S/C11H15BrN2O2S/c12-9-6-11(8-13-7-9)17(15,16)14-10-4-2-1-3-5-10/h6-8,10,14H,1-5H2. The van der Waals surface area contributed by atoms with E-state index in [1.165, 1.54) is 12.6 Å². The number of aromatic nitrogens is 1. The lowest BCUT2D eigenvalue weighted by molar-refractivity contribution is 0.412. The molecule has 2 rings (SSSR count). The lowest BCUT2D eigenvalue weighted by Crippen LogP contribution is -2.36. The van der Waals surface area contributed by atoms with Gasteiger partial charge >= 0.3 is 0 Å². The zero-order valence-corrected chi connectivity index (χ0v) is 11.8. The summed E-state index contributed by atoms with van der Waals surface area (Å²) >= 11 is 3.23. The molecule has 0 saturated heterocycles. The first-order chi connectivity index (χ1) is 8.08. The van der Waals surface area contributed by atoms with Gasteiger partial charge in [0, 0.05) is 22.9 Å². The molecule has 0 bridgehead atoms. The van der Waals surface area contributed by atoms with Crippen molar-refractivity contribution in [1.29, 1.82) is 0 Å². The molecule has 1 aliphatic carbocycles. The van der Waals surface area contributed by atoms with Crippen LogP contribution in [-0.2, 0) is 10.0 Å². The average molecular weight is 319 g/mol. The van der Waals surface area contributed by atoms with E-state index in [1.807, 2.05) is 0 Å². The number of sulfonamides is 1. The Labute approximate surface area is 110 Å². The van der Waals surface area contributed by atoms with Gasteiger partial charge in [-0.15, -0.1) is 0 Å². The second kappa shape index (κ2) is 5.46. The van der Waals surface area contributed by atoms with E-state index in [0.717, 1.165) is 25.7 Å². The van der Waals surface area contributed by atoms with Gasteiger partial charge < -0.3 is 0 Å².